The van der Waals surface area contributed by atoms with Crippen molar-refractivity contribution in [3.63, 3.8) is 0 Å². The van der Waals surface area contributed by atoms with Crippen molar-refractivity contribution < 1.29 is 9.90 Å². The van der Waals surface area contributed by atoms with Crippen molar-refractivity contribution in [2.75, 3.05) is 20.1 Å². The minimum atomic E-state index is -0.717. The molecule has 2 atom stereocenters. The SMILES string of the molecule is CN1CCCC(Cc2ncc3n2C(C(=O)O)CCC3)C1. The van der Waals surface area contributed by atoms with Crippen LogP contribution in [0.5, 0.6) is 0 Å². The zero-order valence-electron chi connectivity index (χ0n) is 12.1. The van der Waals surface area contributed by atoms with Crippen molar-refractivity contribution in [3.05, 3.63) is 17.7 Å². The van der Waals surface area contributed by atoms with Crippen molar-refractivity contribution in [3.8, 4) is 0 Å². The monoisotopic (exact) mass is 277 g/mol. The summed E-state index contributed by atoms with van der Waals surface area (Å²) in [7, 11) is 2.16. The number of carboxylic acid groups (broad SMARTS) is 1. The van der Waals surface area contributed by atoms with Gasteiger partial charge in [0.25, 0.3) is 0 Å². The van der Waals surface area contributed by atoms with Crippen molar-refractivity contribution in [1.82, 2.24) is 14.5 Å². The maximum Gasteiger partial charge on any atom is 0.326 e. The van der Waals surface area contributed by atoms with E-state index in [-0.39, 0.29) is 0 Å². The first-order valence-electron chi connectivity index (χ1n) is 7.61. The van der Waals surface area contributed by atoms with Gasteiger partial charge in [0, 0.05) is 24.9 Å². The third kappa shape index (κ3) is 2.59. The standard InChI is InChI=1S/C15H23N3O2/c1-17-7-3-4-11(10-17)8-14-16-9-12-5-2-6-13(15(19)20)18(12)14/h9,11,13H,2-8,10H2,1H3,(H,19,20). The number of rotatable bonds is 3. The summed E-state index contributed by atoms with van der Waals surface area (Å²) in [6.45, 7) is 2.27. The van der Waals surface area contributed by atoms with Gasteiger partial charge in [0.05, 0.1) is 0 Å². The van der Waals surface area contributed by atoms with Gasteiger partial charge in [0.1, 0.15) is 11.9 Å². The molecule has 2 unspecified atom stereocenters. The molecule has 3 heterocycles. The minimum absolute atomic E-state index is 0.405. The number of fused-ring (bicyclic) bond motifs is 1. The smallest absolute Gasteiger partial charge is 0.326 e. The topological polar surface area (TPSA) is 58.4 Å². The molecule has 0 amide bonds. The Morgan fingerprint density at radius 1 is 1.45 bits per heavy atom. The van der Waals surface area contributed by atoms with E-state index in [9.17, 15) is 9.90 Å². The van der Waals surface area contributed by atoms with Gasteiger partial charge in [-0.05, 0) is 51.6 Å². The highest BCUT2D eigenvalue weighted by molar-refractivity contribution is 5.72. The molecule has 2 aliphatic rings. The van der Waals surface area contributed by atoms with Gasteiger partial charge in [-0.25, -0.2) is 9.78 Å². The molecular weight excluding hydrogens is 254 g/mol. The van der Waals surface area contributed by atoms with E-state index in [0.717, 1.165) is 43.7 Å². The Morgan fingerprint density at radius 2 is 2.30 bits per heavy atom. The van der Waals surface area contributed by atoms with E-state index in [2.05, 4.69) is 16.9 Å². The molecule has 2 aliphatic heterocycles. The van der Waals surface area contributed by atoms with Gasteiger partial charge < -0.3 is 14.6 Å². The molecule has 0 saturated carbocycles. The lowest BCUT2D eigenvalue weighted by Gasteiger charge is -2.30. The summed E-state index contributed by atoms with van der Waals surface area (Å²) in [4.78, 5) is 18.3. The highest BCUT2D eigenvalue weighted by atomic mass is 16.4. The number of imidazole rings is 1. The summed E-state index contributed by atoms with van der Waals surface area (Å²) in [5, 5.41) is 9.42. The number of likely N-dealkylation sites (tertiary alicyclic amines) is 1. The van der Waals surface area contributed by atoms with Crippen molar-refractivity contribution in [1.29, 1.82) is 0 Å². The lowest BCUT2D eigenvalue weighted by molar-refractivity contribution is -0.141. The maximum absolute atomic E-state index is 11.5. The number of carboxylic acids is 1. The molecule has 1 aromatic rings. The molecule has 20 heavy (non-hydrogen) atoms. The Bertz CT molecular complexity index is 497. The van der Waals surface area contributed by atoms with Crippen LogP contribution in [0.25, 0.3) is 0 Å². The predicted molar refractivity (Wildman–Crippen MR) is 75.8 cm³/mol. The highest BCUT2D eigenvalue weighted by Crippen LogP contribution is 2.29. The number of carbonyl (C=O) groups is 1. The average Bonchev–Trinajstić information content (AvgIpc) is 2.82. The molecule has 1 saturated heterocycles. The Kier molecular flexibility index (Phi) is 3.78. The summed E-state index contributed by atoms with van der Waals surface area (Å²) in [5.41, 5.74) is 1.10. The van der Waals surface area contributed by atoms with E-state index in [1.165, 1.54) is 19.4 Å². The van der Waals surface area contributed by atoms with Crippen LogP contribution in [-0.4, -0.2) is 45.7 Å². The number of hydrogen-bond donors (Lipinski definition) is 1. The second-order valence-electron chi connectivity index (χ2n) is 6.26. The average molecular weight is 277 g/mol. The molecule has 5 nitrogen and oxygen atoms in total. The van der Waals surface area contributed by atoms with Crippen LogP contribution in [0.1, 0.15) is 43.2 Å². The Hall–Kier alpha value is -1.36. The maximum atomic E-state index is 11.5. The number of piperidine rings is 1. The van der Waals surface area contributed by atoms with Gasteiger partial charge >= 0.3 is 5.97 Å². The van der Waals surface area contributed by atoms with Crippen LogP contribution in [0.15, 0.2) is 6.20 Å². The molecule has 1 N–H and O–H groups in total. The van der Waals surface area contributed by atoms with Crippen LogP contribution in [0.4, 0.5) is 0 Å². The zero-order valence-corrected chi connectivity index (χ0v) is 12.1. The quantitative estimate of drug-likeness (QED) is 0.914. The summed E-state index contributed by atoms with van der Waals surface area (Å²) >= 11 is 0. The lowest BCUT2D eigenvalue weighted by atomic mass is 9.94. The fourth-order valence-electron chi connectivity index (χ4n) is 3.69. The van der Waals surface area contributed by atoms with Gasteiger partial charge in [0.15, 0.2) is 0 Å². The normalized spacial score (nSPS) is 27.2. The van der Waals surface area contributed by atoms with Crippen LogP contribution in [-0.2, 0) is 17.6 Å². The summed E-state index contributed by atoms with van der Waals surface area (Å²) in [6.07, 6.45) is 7.90. The molecule has 0 radical (unpaired) electrons. The van der Waals surface area contributed by atoms with Crippen LogP contribution < -0.4 is 0 Å². The van der Waals surface area contributed by atoms with Crippen molar-refractivity contribution in [2.45, 2.75) is 44.6 Å². The Labute approximate surface area is 119 Å². The first kappa shape index (κ1) is 13.6. The second kappa shape index (κ2) is 5.56. The molecule has 0 bridgehead atoms. The molecule has 110 valence electrons. The van der Waals surface area contributed by atoms with E-state index < -0.39 is 12.0 Å². The number of aliphatic carboxylic acids is 1. The van der Waals surface area contributed by atoms with Gasteiger partial charge in [0.2, 0.25) is 0 Å². The minimum Gasteiger partial charge on any atom is -0.480 e. The molecule has 0 spiro atoms. The molecule has 0 aliphatic carbocycles. The summed E-state index contributed by atoms with van der Waals surface area (Å²) < 4.78 is 2.00. The van der Waals surface area contributed by atoms with Crippen LogP contribution in [0, 0.1) is 5.92 Å². The Balaban J connectivity index is 1.80. The van der Waals surface area contributed by atoms with E-state index in [4.69, 9.17) is 0 Å². The van der Waals surface area contributed by atoms with Gasteiger partial charge in [-0.15, -0.1) is 0 Å². The van der Waals surface area contributed by atoms with Gasteiger partial charge in [-0.2, -0.15) is 0 Å². The fraction of sp³-hybridized carbons (Fsp3) is 0.733. The first-order chi connectivity index (χ1) is 9.65. The summed E-state index contributed by atoms with van der Waals surface area (Å²) in [6, 6.07) is -0.405. The molecule has 0 aromatic carbocycles. The predicted octanol–water partition coefficient (Wildman–Crippen LogP) is 1.73. The molecule has 1 fully saturated rings. The number of nitrogens with zero attached hydrogens (tertiary/aromatic N) is 3. The number of aryl methyl sites for hydroxylation is 1. The van der Waals surface area contributed by atoms with E-state index in [1.54, 1.807) is 0 Å². The highest BCUT2D eigenvalue weighted by Gasteiger charge is 2.29. The van der Waals surface area contributed by atoms with E-state index in [1.807, 2.05) is 10.8 Å². The molecule has 1 aromatic heterocycles. The lowest BCUT2D eigenvalue weighted by Crippen LogP contribution is -2.34. The van der Waals surface area contributed by atoms with Crippen LogP contribution in [0.2, 0.25) is 0 Å². The van der Waals surface area contributed by atoms with Gasteiger partial charge in [-0.1, -0.05) is 0 Å². The number of hydrogen-bond acceptors (Lipinski definition) is 3. The third-order valence-electron chi connectivity index (χ3n) is 4.65. The Morgan fingerprint density at radius 3 is 3.05 bits per heavy atom. The largest absolute Gasteiger partial charge is 0.480 e. The fourth-order valence-corrected chi connectivity index (χ4v) is 3.69. The third-order valence-corrected chi connectivity index (χ3v) is 4.65. The van der Waals surface area contributed by atoms with Gasteiger partial charge in [-0.3, -0.25) is 0 Å². The molecular formula is C15H23N3O2. The summed E-state index contributed by atoms with van der Waals surface area (Å²) in [5.74, 6) is 0.870. The molecule has 5 heteroatoms. The van der Waals surface area contributed by atoms with Crippen molar-refractivity contribution >= 4 is 5.97 Å². The van der Waals surface area contributed by atoms with E-state index in [0.29, 0.717) is 5.92 Å². The molecule has 3 rings (SSSR count). The number of aromatic nitrogens is 2. The van der Waals surface area contributed by atoms with E-state index >= 15 is 0 Å². The van der Waals surface area contributed by atoms with Crippen LogP contribution in [0.3, 0.4) is 0 Å². The van der Waals surface area contributed by atoms with Crippen LogP contribution >= 0.6 is 0 Å². The second-order valence-corrected chi connectivity index (χ2v) is 6.26. The first-order valence-corrected chi connectivity index (χ1v) is 7.61. The zero-order chi connectivity index (χ0) is 14.1. The van der Waals surface area contributed by atoms with Crippen molar-refractivity contribution in [2.24, 2.45) is 5.92 Å².